The number of benzene rings is 2. The Morgan fingerprint density at radius 2 is 1.68 bits per heavy atom. The molecule has 6 N–H and O–H groups in total. The van der Waals surface area contributed by atoms with Crippen molar-refractivity contribution in [2.75, 3.05) is 12.8 Å². The summed E-state index contributed by atoms with van der Waals surface area (Å²) in [4.78, 5) is 28.1. The predicted molar refractivity (Wildman–Crippen MR) is 149 cm³/mol. The number of carbonyl (C=O) groups is 2. The smallest absolute Gasteiger partial charge is 0.240 e. The van der Waals surface area contributed by atoms with Crippen LogP contribution in [-0.4, -0.2) is 50.8 Å². The van der Waals surface area contributed by atoms with Crippen molar-refractivity contribution < 1.29 is 18.0 Å². The number of nitrogens with one attached hydrogen (secondary N) is 4. The first-order valence-electron chi connectivity index (χ1n) is 12.2. The first-order chi connectivity index (χ1) is 18.1. The molecular formula is C27H31N5O4S2. The summed E-state index contributed by atoms with van der Waals surface area (Å²) >= 11 is 1.22. The van der Waals surface area contributed by atoms with Gasteiger partial charge in [-0.05, 0) is 36.6 Å². The Kier molecular flexibility index (Phi) is 8.72. The summed E-state index contributed by atoms with van der Waals surface area (Å²) in [5, 5.41) is 15.4. The van der Waals surface area contributed by atoms with Crippen molar-refractivity contribution in [1.82, 2.24) is 15.4 Å². The lowest BCUT2D eigenvalue weighted by atomic mass is 9.84. The highest BCUT2D eigenvalue weighted by Crippen LogP contribution is 2.31. The molecular weight excluding hydrogens is 522 g/mol. The maximum Gasteiger partial charge on any atom is 0.240 e. The van der Waals surface area contributed by atoms with Gasteiger partial charge >= 0.3 is 0 Å². The lowest BCUT2D eigenvalue weighted by Crippen LogP contribution is -2.52. The molecule has 3 aromatic rings. The van der Waals surface area contributed by atoms with Gasteiger partial charge in [-0.25, -0.2) is 13.1 Å². The van der Waals surface area contributed by atoms with Gasteiger partial charge in [0.1, 0.15) is 17.9 Å². The molecule has 9 nitrogen and oxygen atoms in total. The van der Waals surface area contributed by atoms with E-state index in [9.17, 15) is 18.0 Å². The molecule has 1 saturated heterocycles. The highest BCUT2D eigenvalue weighted by atomic mass is 32.2. The molecule has 0 saturated carbocycles. The standard InChI is InChI=1S/C27H31N5O4S2/c1-38(35,36)32-24(22(17-9-4-2-5-10-17)18-11-6-3-7-12-18)27(34)31-23(25(33)20-13-8-14-30-20)21-15-19(16-37-21)26(28)29/h2-7,9-12,15-16,20,22-24,30,32H,8,13-14H2,1H3,(H3,28,29)(H,31,34)/t20-,23?,24+/m0/s1. The fourth-order valence-corrected chi connectivity index (χ4v) is 6.36. The number of Topliss-reactive ketones (excluding diaryl/α,β-unsaturated/α-hetero) is 1. The Balaban J connectivity index is 1.75. The van der Waals surface area contributed by atoms with E-state index in [-0.39, 0.29) is 11.6 Å². The molecule has 11 heteroatoms. The molecule has 0 radical (unpaired) electrons. The molecule has 1 aliphatic heterocycles. The van der Waals surface area contributed by atoms with E-state index >= 15 is 0 Å². The topological polar surface area (TPSA) is 154 Å². The van der Waals surface area contributed by atoms with Gasteiger partial charge in [-0.15, -0.1) is 11.3 Å². The van der Waals surface area contributed by atoms with Gasteiger partial charge in [0.25, 0.3) is 0 Å². The molecule has 38 heavy (non-hydrogen) atoms. The fourth-order valence-electron chi connectivity index (χ4n) is 4.69. The minimum Gasteiger partial charge on any atom is -0.384 e. The number of hydrogen-bond acceptors (Lipinski definition) is 7. The van der Waals surface area contributed by atoms with Crippen molar-refractivity contribution in [3.63, 3.8) is 0 Å². The summed E-state index contributed by atoms with van der Waals surface area (Å²) in [7, 11) is -3.82. The number of thiophene rings is 1. The molecule has 1 aliphatic rings. The van der Waals surface area contributed by atoms with Crippen molar-refractivity contribution in [3.05, 3.63) is 93.7 Å². The summed E-state index contributed by atoms with van der Waals surface area (Å²) in [6, 6.07) is 17.3. The normalized spacial score (nSPS) is 17.2. The predicted octanol–water partition coefficient (Wildman–Crippen LogP) is 2.26. The summed E-state index contributed by atoms with van der Waals surface area (Å²) in [5.41, 5.74) is 7.58. The van der Waals surface area contributed by atoms with Gasteiger partial charge in [0.2, 0.25) is 15.9 Å². The number of amides is 1. The van der Waals surface area contributed by atoms with E-state index < -0.39 is 40.0 Å². The number of nitrogen functional groups attached to an aromatic ring is 1. The van der Waals surface area contributed by atoms with E-state index in [1.165, 1.54) is 11.3 Å². The summed E-state index contributed by atoms with van der Waals surface area (Å²) in [6.45, 7) is 0.697. The molecule has 0 aliphatic carbocycles. The summed E-state index contributed by atoms with van der Waals surface area (Å²) in [5.74, 6) is -1.67. The van der Waals surface area contributed by atoms with Gasteiger partial charge in [0.05, 0.1) is 12.3 Å². The molecule has 1 aromatic heterocycles. The Labute approximate surface area is 226 Å². The van der Waals surface area contributed by atoms with Gasteiger partial charge in [0, 0.05) is 21.7 Å². The number of hydrogen-bond donors (Lipinski definition) is 5. The number of sulfonamides is 1. The molecule has 1 fully saturated rings. The number of carbonyl (C=O) groups excluding carboxylic acids is 2. The minimum atomic E-state index is -3.82. The molecule has 1 unspecified atom stereocenters. The average Bonchev–Trinajstić information content (AvgIpc) is 3.60. The lowest BCUT2D eigenvalue weighted by Gasteiger charge is -2.29. The Morgan fingerprint density at radius 1 is 1.08 bits per heavy atom. The van der Waals surface area contributed by atoms with Gasteiger partial charge in [-0.3, -0.25) is 15.0 Å². The van der Waals surface area contributed by atoms with E-state index in [2.05, 4.69) is 15.4 Å². The Bertz CT molecular complexity index is 1350. The van der Waals surface area contributed by atoms with Gasteiger partial charge in [-0.2, -0.15) is 0 Å². The first-order valence-corrected chi connectivity index (χ1v) is 15.0. The van der Waals surface area contributed by atoms with Crippen LogP contribution in [0.1, 0.15) is 46.4 Å². The zero-order chi connectivity index (χ0) is 27.3. The third-order valence-corrected chi connectivity index (χ3v) is 8.14. The zero-order valence-corrected chi connectivity index (χ0v) is 22.5. The second-order valence-electron chi connectivity index (χ2n) is 9.31. The second-order valence-corrected chi connectivity index (χ2v) is 12.0. The fraction of sp³-hybridized carbons (Fsp3) is 0.296. The number of ketones is 1. The van der Waals surface area contributed by atoms with Crippen LogP contribution in [0.25, 0.3) is 0 Å². The van der Waals surface area contributed by atoms with Crippen LogP contribution in [0.3, 0.4) is 0 Å². The number of rotatable bonds is 11. The Hall–Kier alpha value is -3.38. The average molecular weight is 554 g/mol. The summed E-state index contributed by atoms with van der Waals surface area (Å²) in [6.07, 6.45) is 2.48. The molecule has 2 aromatic carbocycles. The van der Waals surface area contributed by atoms with E-state index in [0.29, 0.717) is 23.4 Å². The van der Waals surface area contributed by atoms with Crippen LogP contribution >= 0.6 is 11.3 Å². The second kappa shape index (κ2) is 12.0. The highest BCUT2D eigenvalue weighted by Gasteiger charge is 2.38. The summed E-state index contributed by atoms with van der Waals surface area (Å²) < 4.78 is 27.5. The van der Waals surface area contributed by atoms with Crippen molar-refractivity contribution in [2.24, 2.45) is 5.73 Å². The molecule has 0 spiro atoms. The highest BCUT2D eigenvalue weighted by molar-refractivity contribution is 7.88. The maximum atomic E-state index is 14.0. The number of nitrogens with two attached hydrogens (primary N) is 1. The van der Waals surface area contributed by atoms with Gasteiger partial charge in [-0.1, -0.05) is 60.7 Å². The van der Waals surface area contributed by atoms with Crippen LogP contribution < -0.4 is 21.1 Å². The molecule has 4 rings (SSSR count). The van der Waals surface area contributed by atoms with Crippen LogP contribution in [-0.2, 0) is 19.6 Å². The monoisotopic (exact) mass is 553 g/mol. The van der Waals surface area contributed by atoms with Crippen molar-refractivity contribution in [2.45, 2.75) is 36.9 Å². The van der Waals surface area contributed by atoms with E-state index in [4.69, 9.17) is 11.1 Å². The van der Waals surface area contributed by atoms with Gasteiger partial charge < -0.3 is 16.4 Å². The maximum absolute atomic E-state index is 14.0. The van der Waals surface area contributed by atoms with Crippen molar-refractivity contribution >= 4 is 38.9 Å². The zero-order valence-electron chi connectivity index (χ0n) is 20.9. The van der Waals surface area contributed by atoms with Crippen LogP contribution in [0.2, 0.25) is 0 Å². The Morgan fingerprint density at radius 3 is 2.16 bits per heavy atom. The molecule has 1 amide bonds. The van der Waals surface area contributed by atoms with Crippen LogP contribution in [0.4, 0.5) is 0 Å². The van der Waals surface area contributed by atoms with E-state index in [1.54, 1.807) is 11.4 Å². The molecule has 0 bridgehead atoms. The van der Waals surface area contributed by atoms with Crippen LogP contribution in [0.15, 0.2) is 72.1 Å². The largest absolute Gasteiger partial charge is 0.384 e. The van der Waals surface area contributed by atoms with Crippen molar-refractivity contribution in [3.8, 4) is 0 Å². The van der Waals surface area contributed by atoms with E-state index in [1.807, 2.05) is 60.7 Å². The SMILES string of the molecule is CS(=O)(=O)N[C@@H](C(=O)NC(C(=O)[C@@H]1CCCN1)c1cc(C(=N)N)cs1)C(c1ccccc1)c1ccccc1. The quantitative estimate of drug-likeness (QED) is 0.181. The van der Waals surface area contributed by atoms with Crippen LogP contribution in [0, 0.1) is 5.41 Å². The molecule has 3 atom stereocenters. The van der Waals surface area contributed by atoms with Crippen molar-refractivity contribution in [1.29, 1.82) is 5.41 Å². The third kappa shape index (κ3) is 6.73. The first kappa shape index (κ1) is 27.6. The number of amidine groups is 1. The molecule has 200 valence electrons. The minimum absolute atomic E-state index is 0.145. The lowest BCUT2D eigenvalue weighted by molar-refractivity contribution is -0.129. The third-order valence-electron chi connectivity index (χ3n) is 6.46. The van der Waals surface area contributed by atoms with E-state index in [0.717, 1.165) is 23.8 Å². The molecule has 2 heterocycles. The van der Waals surface area contributed by atoms with Crippen LogP contribution in [0.5, 0.6) is 0 Å². The van der Waals surface area contributed by atoms with Gasteiger partial charge in [0.15, 0.2) is 5.78 Å².